The van der Waals surface area contributed by atoms with Gasteiger partial charge in [0, 0.05) is 24.2 Å². The third kappa shape index (κ3) is 2.53. The second-order valence-corrected chi connectivity index (χ2v) is 8.52. The van der Waals surface area contributed by atoms with Gasteiger partial charge in [0.1, 0.15) is 0 Å². The Morgan fingerprint density at radius 3 is 2.33 bits per heavy atom. The Bertz CT molecular complexity index is 1110. The van der Waals surface area contributed by atoms with E-state index in [9.17, 15) is 8.42 Å². The predicted molar refractivity (Wildman–Crippen MR) is 97.1 cm³/mol. The summed E-state index contributed by atoms with van der Waals surface area (Å²) in [5.41, 5.74) is 3.11. The smallest absolute Gasteiger partial charge is 0.194 e. The molecule has 0 amide bonds. The van der Waals surface area contributed by atoms with Crippen LogP contribution < -0.4 is 0 Å². The molecule has 120 valence electrons. The quantitative estimate of drug-likeness (QED) is 0.556. The molecule has 0 aliphatic heterocycles. The molecule has 4 nitrogen and oxygen atoms in total. The molecule has 2 aromatic heterocycles. The summed E-state index contributed by atoms with van der Waals surface area (Å²) in [4.78, 5) is 6.75. The van der Waals surface area contributed by atoms with Gasteiger partial charge in [-0.1, -0.05) is 53.8 Å². The van der Waals surface area contributed by atoms with Crippen LogP contribution in [0, 0.1) is 0 Å². The van der Waals surface area contributed by atoms with E-state index in [0.717, 1.165) is 26.7 Å². The van der Waals surface area contributed by atoms with Gasteiger partial charge in [-0.05, 0) is 17.7 Å². The van der Waals surface area contributed by atoms with E-state index in [2.05, 4.69) is 17.1 Å². The summed E-state index contributed by atoms with van der Waals surface area (Å²) in [7, 11) is -3.20. The van der Waals surface area contributed by atoms with E-state index in [1.165, 1.54) is 6.26 Å². The highest BCUT2D eigenvalue weighted by Gasteiger charge is 2.17. The van der Waals surface area contributed by atoms with Gasteiger partial charge in [-0.25, -0.2) is 13.4 Å². The fourth-order valence-electron chi connectivity index (χ4n) is 2.70. The molecule has 2 aromatic carbocycles. The minimum Gasteiger partial charge on any atom is -0.290 e. The minimum atomic E-state index is -3.20. The van der Waals surface area contributed by atoms with Crippen LogP contribution in [0.15, 0.2) is 71.9 Å². The number of hydrogen-bond donors (Lipinski definition) is 0. The van der Waals surface area contributed by atoms with Crippen molar-refractivity contribution < 1.29 is 8.42 Å². The summed E-state index contributed by atoms with van der Waals surface area (Å²) >= 11 is 1.62. The normalized spacial score (nSPS) is 11.9. The van der Waals surface area contributed by atoms with Gasteiger partial charge in [0.05, 0.1) is 15.5 Å². The van der Waals surface area contributed by atoms with Gasteiger partial charge in [-0.3, -0.25) is 4.40 Å². The average molecular weight is 354 g/mol. The zero-order valence-electron chi connectivity index (χ0n) is 12.9. The van der Waals surface area contributed by atoms with Crippen LogP contribution in [-0.2, 0) is 9.84 Å². The highest BCUT2D eigenvalue weighted by Crippen LogP contribution is 2.39. The molecule has 0 bridgehead atoms. The van der Waals surface area contributed by atoms with Crippen LogP contribution in [0.1, 0.15) is 0 Å². The second kappa shape index (κ2) is 5.58. The second-order valence-electron chi connectivity index (χ2n) is 5.52. The van der Waals surface area contributed by atoms with Crippen molar-refractivity contribution in [2.24, 2.45) is 0 Å². The average Bonchev–Trinajstić information content (AvgIpc) is 3.15. The standard InChI is InChI=1S/C18H14N2O2S2/c1-24(21,22)15-9-7-13(8-10-15)16-17(14-5-3-2-4-6-14)23-18-19-11-12-20(16)18/h2-12H,1H3. The van der Waals surface area contributed by atoms with E-state index >= 15 is 0 Å². The van der Waals surface area contributed by atoms with Crippen molar-refractivity contribution in [2.45, 2.75) is 4.90 Å². The molecule has 0 unspecified atom stereocenters. The van der Waals surface area contributed by atoms with Crippen LogP contribution in [0.4, 0.5) is 0 Å². The molecular formula is C18H14N2O2S2. The van der Waals surface area contributed by atoms with Gasteiger partial charge < -0.3 is 0 Å². The fourth-order valence-corrected chi connectivity index (χ4v) is 4.44. The Morgan fingerprint density at radius 1 is 0.958 bits per heavy atom. The van der Waals surface area contributed by atoms with Crippen LogP contribution in [-0.4, -0.2) is 24.1 Å². The lowest BCUT2D eigenvalue weighted by Gasteiger charge is -2.06. The Hall–Kier alpha value is -2.44. The molecule has 4 aromatic rings. The first-order valence-electron chi connectivity index (χ1n) is 7.36. The maximum atomic E-state index is 11.7. The lowest BCUT2D eigenvalue weighted by Crippen LogP contribution is -1.96. The topological polar surface area (TPSA) is 51.4 Å². The van der Waals surface area contributed by atoms with Crippen molar-refractivity contribution in [1.82, 2.24) is 9.38 Å². The Kier molecular flexibility index (Phi) is 3.51. The number of rotatable bonds is 3. The minimum absolute atomic E-state index is 0.324. The number of benzene rings is 2. The van der Waals surface area contributed by atoms with Crippen molar-refractivity contribution in [3.8, 4) is 21.7 Å². The van der Waals surface area contributed by atoms with Crippen LogP contribution in [0.3, 0.4) is 0 Å². The summed E-state index contributed by atoms with van der Waals surface area (Å²) in [5, 5.41) is 0. The molecule has 4 rings (SSSR count). The molecule has 0 aliphatic rings. The highest BCUT2D eigenvalue weighted by molar-refractivity contribution is 7.90. The van der Waals surface area contributed by atoms with Gasteiger partial charge >= 0.3 is 0 Å². The first kappa shape index (κ1) is 15.1. The molecular weight excluding hydrogens is 340 g/mol. The van der Waals surface area contributed by atoms with E-state index in [1.807, 2.05) is 40.9 Å². The zero-order valence-corrected chi connectivity index (χ0v) is 14.5. The fraction of sp³-hybridized carbons (Fsp3) is 0.0556. The Morgan fingerprint density at radius 2 is 1.67 bits per heavy atom. The molecule has 0 saturated heterocycles. The molecule has 0 saturated carbocycles. The van der Waals surface area contributed by atoms with Crippen LogP contribution in [0.2, 0.25) is 0 Å². The number of aromatic nitrogens is 2. The van der Waals surface area contributed by atoms with Gasteiger partial charge in [0.2, 0.25) is 0 Å². The first-order chi connectivity index (χ1) is 11.5. The highest BCUT2D eigenvalue weighted by atomic mass is 32.2. The van der Waals surface area contributed by atoms with E-state index < -0.39 is 9.84 Å². The van der Waals surface area contributed by atoms with Crippen molar-refractivity contribution >= 4 is 26.1 Å². The number of imidazole rings is 1. The van der Waals surface area contributed by atoms with E-state index in [4.69, 9.17) is 0 Å². The van der Waals surface area contributed by atoms with Crippen molar-refractivity contribution in [3.05, 3.63) is 67.0 Å². The largest absolute Gasteiger partial charge is 0.290 e. The van der Waals surface area contributed by atoms with Gasteiger partial charge in [-0.15, -0.1) is 0 Å². The third-order valence-corrected chi connectivity index (χ3v) is 6.09. The molecule has 0 spiro atoms. The Labute approximate surface area is 144 Å². The molecule has 0 radical (unpaired) electrons. The Balaban J connectivity index is 1.94. The molecule has 24 heavy (non-hydrogen) atoms. The monoisotopic (exact) mass is 354 g/mol. The number of sulfone groups is 1. The first-order valence-corrected chi connectivity index (χ1v) is 10.1. The molecule has 0 atom stereocenters. The maximum Gasteiger partial charge on any atom is 0.194 e. The number of nitrogens with zero attached hydrogens (tertiary/aromatic N) is 2. The van der Waals surface area contributed by atoms with Crippen molar-refractivity contribution in [2.75, 3.05) is 6.26 Å². The van der Waals surface area contributed by atoms with Gasteiger partial charge in [-0.2, -0.15) is 0 Å². The van der Waals surface area contributed by atoms with E-state index in [1.54, 1.807) is 29.7 Å². The van der Waals surface area contributed by atoms with Crippen molar-refractivity contribution in [3.63, 3.8) is 0 Å². The summed E-state index contributed by atoms with van der Waals surface area (Å²) in [6.45, 7) is 0. The number of hydrogen-bond acceptors (Lipinski definition) is 4. The maximum absolute atomic E-state index is 11.7. The summed E-state index contributed by atoms with van der Waals surface area (Å²) in [5.74, 6) is 0. The summed E-state index contributed by atoms with van der Waals surface area (Å²) in [6.07, 6.45) is 4.92. The summed E-state index contributed by atoms with van der Waals surface area (Å²) in [6, 6.07) is 17.2. The van der Waals surface area contributed by atoms with Crippen LogP contribution >= 0.6 is 11.3 Å². The number of thiazole rings is 1. The molecule has 0 aliphatic carbocycles. The van der Waals surface area contributed by atoms with Gasteiger partial charge in [0.15, 0.2) is 14.8 Å². The third-order valence-electron chi connectivity index (χ3n) is 3.85. The van der Waals surface area contributed by atoms with E-state index in [-0.39, 0.29) is 0 Å². The molecule has 6 heteroatoms. The van der Waals surface area contributed by atoms with Crippen molar-refractivity contribution in [1.29, 1.82) is 0 Å². The molecule has 2 heterocycles. The number of fused-ring (bicyclic) bond motifs is 1. The lowest BCUT2D eigenvalue weighted by molar-refractivity contribution is 0.602. The zero-order chi connectivity index (χ0) is 16.7. The van der Waals surface area contributed by atoms with Crippen LogP contribution in [0.5, 0.6) is 0 Å². The molecule has 0 N–H and O–H groups in total. The van der Waals surface area contributed by atoms with Gasteiger partial charge in [0.25, 0.3) is 0 Å². The van der Waals surface area contributed by atoms with Crippen LogP contribution in [0.25, 0.3) is 26.7 Å². The SMILES string of the molecule is CS(=O)(=O)c1ccc(-c2c(-c3ccccc3)sc3nccn23)cc1. The summed E-state index contributed by atoms with van der Waals surface area (Å²) < 4.78 is 25.4. The lowest BCUT2D eigenvalue weighted by atomic mass is 10.1. The van der Waals surface area contributed by atoms with E-state index in [0.29, 0.717) is 4.90 Å². The predicted octanol–water partition coefficient (Wildman–Crippen LogP) is 4.13. The molecule has 0 fully saturated rings.